The lowest BCUT2D eigenvalue weighted by atomic mass is 10.2. The van der Waals surface area contributed by atoms with Crippen LogP contribution in [-0.2, 0) is 19.6 Å². The Morgan fingerprint density at radius 3 is 2.74 bits per heavy atom. The third-order valence-corrected chi connectivity index (χ3v) is 2.88. The third-order valence-electron chi connectivity index (χ3n) is 2.88. The minimum absolute atomic E-state index is 0.364. The molecule has 0 fully saturated rings. The summed E-state index contributed by atoms with van der Waals surface area (Å²) < 4.78 is 7.41. The summed E-state index contributed by atoms with van der Waals surface area (Å²) in [6.45, 7) is 3.83. The summed E-state index contributed by atoms with van der Waals surface area (Å²) in [5.74, 6) is 1.54. The number of nitrogens with two attached hydrogens (primary N) is 1. The average Bonchev–Trinajstić information content (AvgIpc) is 2.91. The van der Waals surface area contributed by atoms with Gasteiger partial charge in [-0.2, -0.15) is 0 Å². The van der Waals surface area contributed by atoms with Crippen LogP contribution in [0.25, 0.3) is 0 Å². The summed E-state index contributed by atoms with van der Waals surface area (Å²) in [6, 6.07) is 8.05. The molecule has 6 heteroatoms. The fourth-order valence-corrected chi connectivity index (χ4v) is 1.71. The highest BCUT2D eigenvalue weighted by Gasteiger charge is 2.06. The molecular weight excluding hydrogens is 242 g/mol. The standard InChI is InChI=1S/C13H19N5O/c1-2-11-4-6-12(7-5-11)19-10-13-15-16-17-18(13)9-3-8-14/h4-7H,2-3,8-10,14H2,1H3. The van der Waals surface area contributed by atoms with Gasteiger partial charge >= 0.3 is 0 Å². The van der Waals surface area contributed by atoms with Gasteiger partial charge in [-0.1, -0.05) is 19.1 Å². The Balaban J connectivity index is 1.92. The molecule has 19 heavy (non-hydrogen) atoms. The largest absolute Gasteiger partial charge is 0.486 e. The second kappa shape index (κ2) is 6.84. The summed E-state index contributed by atoms with van der Waals surface area (Å²) in [5, 5.41) is 11.5. The van der Waals surface area contributed by atoms with Gasteiger partial charge in [-0.05, 0) is 47.5 Å². The number of aryl methyl sites for hydroxylation is 2. The zero-order chi connectivity index (χ0) is 13.5. The Labute approximate surface area is 112 Å². The maximum Gasteiger partial charge on any atom is 0.189 e. The van der Waals surface area contributed by atoms with Crippen molar-refractivity contribution in [1.82, 2.24) is 20.2 Å². The van der Waals surface area contributed by atoms with Crippen LogP contribution in [0.4, 0.5) is 0 Å². The molecule has 0 saturated heterocycles. The lowest BCUT2D eigenvalue weighted by Crippen LogP contribution is -2.12. The van der Waals surface area contributed by atoms with Crippen LogP contribution < -0.4 is 10.5 Å². The molecule has 1 aromatic carbocycles. The van der Waals surface area contributed by atoms with Crippen LogP contribution >= 0.6 is 0 Å². The van der Waals surface area contributed by atoms with Crippen molar-refractivity contribution in [2.45, 2.75) is 32.9 Å². The van der Waals surface area contributed by atoms with Crippen molar-refractivity contribution in [3.8, 4) is 5.75 Å². The first-order valence-electron chi connectivity index (χ1n) is 6.50. The van der Waals surface area contributed by atoms with E-state index >= 15 is 0 Å². The van der Waals surface area contributed by atoms with Crippen LogP contribution in [0.3, 0.4) is 0 Å². The topological polar surface area (TPSA) is 78.9 Å². The lowest BCUT2D eigenvalue weighted by molar-refractivity contribution is 0.286. The zero-order valence-electron chi connectivity index (χ0n) is 11.1. The van der Waals surface area contributed by atoms with E-state index in [-0.39, 0.29) is 0 Å². The fraction of sp³-hybridized carbons (Fsp3) is 0.462. The van der Waals surface area contributed by atoms with Crippen molar-refractivity contribution in [2.24, 2.45) is 5.73 Å². The van der Waals surface area contributed by atoms with Crippen molar-refractivity contribution in [1.29, 1.82) is 0 Å². The molecule has 0 atom stereocenters. The van der Waals surface area contributed by atoms with Crippen molar-refractivity contribution in [2.75, 3.05) is 6.54 Å². The molecule has 2 aromatic rings. The Kier molecular flexibility index (Phi) is 4.85. The van der Waals surface area contributed by atoms with E-state index in [4.69, 9.17) is 10.5 Å². The number of hydrogen-bond acceptors (Lipinski definition) is 5. The van der Waals surface area contributed by atoms with Crippen molar-refractivity contribution in [3.05, 3.63) is 35.7 Å². The molecule has 0 aliphatic rings. The molecular formula is C13H19N5O. The van der Waals surface area contributed by atoms with E-state index in [2.05, 4.69) is 34.6 Å². The SMILES string of the molecule is CCc1ccc(OCc2nnnn2CCCN)cc1. The minimum atomic E-state index is 0.364. The summed E-state index contributed by atoms with van der Waals surface area (Å²) in [7, 11) is 0. The predicted molar refractivity (Wildman–Crippen MR) is 71.6 cm³/mol. The first kappa shape index (κ1) is 13.5. The van der Waals surface area contributed by atoms with Crippen molar-refractivity contribution < 1.29 is 4.74 Å². The summed E-state index contributed by atoms with van der Waals surface area (Å²) in [6.07, 6.45) is 1.88. The molecule has 2 N–H and O–H groups in total. The molecule has 2 rings (SSSR count). The highest BCUT2D eigenvalue weighted by Crippen LogP contribution is 2.13. The smallest absolute Gasteiger partial charge is 0.189 e. The molecule has 6 nitrogen and oxygen atoms in total. The second-order valence-electron chi connectivity index (χ2n) is 4.25. The monoisotopic (exact) mass is 261 g/mol. The van der Waals surface area contributed by atoms with Gasteiger partial charge < -0.3 is 10.5 Å². The number of rotatable bonds is 7. The third kappa shape index (κ3) is 3.75. The Hall–Kier alpha value is -1.95. The first-order valence-corrected chi connectivity index (χ1v) is 6.50. The number of ether oxygens (including phenoxy) is 1. The first-order chi connectivity index (χ1) is 9.33. The lowest BCUT2D eigenvalue weighted by Gasteiger charge is -2.07. The highest BCUT2D eigenvalue weighted by atomic mass is 16.5. The Bertz CT molecular complexity index is 494. The normalized spacial score (nSPS) is 10.6. The van der Waals surface area contributed by atoms with Crippen LogP contribution in [-0.4, -0.2) is 26.8 Å². The molecule has 1 heterocycles. The summed E-state index contributed by atoms with van der Waals surface area (Å²) >= 11 is 0. The fourth-order valence-electron chi connectivity index (χ4n) is 1.71. The van der Waals surface area contributed by atoms with Crippen LogP contribution in [0.1, 0.15) is 24.7 Å². The van der Waals surface area contributed by atoms with E-state index in [0.717, 1.165) is 25.1 Å². The van der Waals surface area contributed by atoms with Gasteiger partial charge in [0.2, 0.25) is 0 Å². The molecule has 0 amide bonds. The Morgan fingerprint density at radius 1 is 1.26 bits per heavy atom. The van der Waals surface area contributed by atoms with Crippen LogP contribution in [0.5, 0.6) is 5.75 Å². The zero-order valence-corrected chi connectivity index (χ0v) is 11.1. The van der Waals surface area contributed by atoms with Gasteiger partial charge in [0.05, 0.1) is 0 Å². The van der Waals surface area contributed by atoms with E-state index in [1.807, 2.05) is 12.1 Å². The molecule has 0 spiro atoms. The molecule has 0 radical (unpaired) electrons. The predicted octanol–water partition coefficient (Wildman–Crippen LogP) is 1.16. The number of hydrogen-bond donors (Lipinski definition) is 1. The summed E-state index contributed by atoms with van der Waals surface area (Å²) in [5.41, 5.74) is 6.77. The van der Waals surface area contributed by atoms with Gasteiger partial charge in [0.1, 0.15) is 12.4 Å². The quantitative estimate of drug-likeness (QED) is 0.809. The van der Waals surface area contributed by atoms with E-state index in [1.54, 1.807) is 4.68 Å². The van der Waals surface area contributed by atoms with Gasteiger partial charge in [0, 0.05) is 6.54 Å². The van der Waals surface area contributed by atoms with Gasteiger partial charge in [0.15, 0.2) is 5.82 Å². The minimum Gasteiger partial charge on any atom is -0.486 e. The molecule has 0 aliphatic heterocycles. The van der Waals surface area contributed by atoms with Crippen LogP contribution in [0, 0.1) is 0 Å². The second-order valence-corrected chi connectivity index (χ2v) is 4.25. The maximum absolute atomic E-state index is 5.68. The molecule has 1 aromatic heterocycles. The van der Waals surface area contributed by atoms with E-state index < -0.39 is 0 Å². The van der Waals surface area contributed by atoms with E-state index in [1.165, 1.54) is 5.56 Å². The van der Waals surface area contributed by atoms with Gasteiger partial charge in [-0.15, -0.1) is 5.10 Å². The van der Waals surface area contributed by atoms with Crippen molar-refractivity contribution in [3.63, 3.8) is 0 Å². The molecule has 0 saturated carbocycles. The van der Waals surface area contributed by atoms with E-state index in [0.29, 0.717) is 19.0 Å². The van der Waals surface area contributed by atoms with Crippen LogP contribution in [0.2, 0.25) is 0 Å². The average molecular weight is 261 g/mol. The van der Waals surface area contributed by atoms with Crippen LogP contribution in [0.15, 0.2) is 24.3 Å². The van der Waals surface area contributed by atoms with Crippen molar-refractivity contribution >= 4 is 0 Å². The molecule has 0 aliphatic carbocycles. The number of nitrogens with zero attached hydrogens (tertiary/aromatic N) is 4. The molecule has 0 unspecified atom stereocenters. The van der Waals surface area contributed by atoms with E-state index in [9.17, 15) is 0 Å². The van der Waals surface area contributed by atoms with Gasteiger partial charge in [-0.25, -0.2) is 4.68 Å². The maximum atomic E-state index is 5.68. The number of benzene rings is 1. The van der Waals surface area contributed by atoms with Gasteiger partial charge in [-0.3, -0.25) is 0 Å². The Morgan fingerprint density at radius 2 is 2.05 bits per heavy atom. The summed E-state index contributed by atoms with van der Waals surface area (Å²) in [4.78, 5) is 0. The molecule has 0 bridgehead atoms. The molecule has 102 valence electrons. The van der Waals surface area contributed by atoms with Gasteiger partial charge in [0.25, 0.3) is 0 Å². The highest BCUT2D eigenvalue weighted by molar-refractivity contribution is 5.27. The number of tetrazole rings is 1. The number of aromatic nitrogens is 4.